The van der Waals surface area contributed by atoms with Crippen LogP contribution in [-0.4, -0.2) is 61.1 Å². The van der Waals surface area contributed by atoms with E-state index < -0.39 is 0 Å². The number of rotatable bonds is 3. The zero-order chi connectivity index (χ0) is 13.1. The quantitative estimate of drug-likeness (QED) is 0.844. The molecule has 4 nitrogen and oxygen atoms in total. The van der Waals surface area contributed by atoms with Gasteiger partial charge in [0.15, 0.2) is 0 Å². The first-order valence-electron chi connectivity index (χ1n) is 6.99. The highest BCUT2D eigenvalue weighted by molar-refractivity contribution is 7.12. The lowest BCUT2D eigenvalue weighted by Crippen LogP contribution is -2.50. The van der Waals surface area contributed by atoms with Crippen molar-refractivity contribution in [1.82, 2.24) is 9.80 Å². The molecule has 3 heterocycles. The number of carbonyl (C=O) groups excluding carboxylic acids is 1. The van der Waals surface area contributed by atoms with Gasteiger partial charge in [-0.25, -0.2) is 0 Å². The Bertz CT molecular complexity index is 407. The Hall–Kier alpha value is -0.910. The Morgan fingerprint density at radius 3 is 2.84 bits per heavy atom. The lowest BCUT2D eigenvalue weighted by atomic mass is 10.2. The number of hydrogen-bond donors (Lipinski definition) is 0. The minimum absolute atomic E-state index is 0.187. The topological polar surface area (TPSA) is 32.8 Å². The van der Waals surface area contributed by atoms with E-state index in [2.05, 4.69) is 4.90 Å². The number of carbonyl (C=O) groups is 1. The average molecular weight is 280 g/mol. The van der Waals surface area contributed by atoms with E-state index in [0.717, 1.165) is 44.2 Å². The van der Waals surface area contributed by atoms with Gasteiger partial charge < -0.3 is 9.64 Å². The Balaban J connectivity index is 1.47. The van der Waals surface area contributed by atoms with Crippen LogP contribution in [0.15, 0.2) is 17.5 Å². The highest BCUT2D eigenvalue weighted by Crippen LogP contribution is 2.16. The minimum atomic E-state index is 0.187. The van der Waals surface area contributed by atoms with Gasteiger partial charge >= 0.3 is 0 Å². The van der Waals surface area contributed by atoms with E-state index >= 15 is 0 Å². The van der Waals surface area contributed by atoms with Crippen molar-refractivity contribution in [3.63, 3.8) is 0 Å². The average Bonchev–Trinajstić information content (AvgIpc) is 3.12. The van der Waals surface area contributed by atoms with Crippen LogP contribution in [-0.2, 0) is 4.74 Å². The third-order valence-electron chi connectivity index (χ3n) is 3.88. The van der Waals surface area contributed by atoms with Crippen LogP contribution >= 0.6 is 11.3 Å². The molecule has 0 spiro atoms. The van der Waals surface area contributed by atoms with Gasteiger partial charge in [-0.2, -0.15) is 0 Å². The summed E-state index contributed by atoms with van der Waals surface area (Å²) in [6.45, 7) is 5.56. The van der Waals surface area contributed by atoms with Gasteiger partial charge in [0.1, 0.15) is 0 Å². The van der Waals surface area contributed by atoms with E-state index in [9.17, 15) is 4.79 Å². The molecule has 0 bridgehead atoms. The molecule has 1 unspecified atom stereocenters. The molecule has 1 aromatic heterocycles. The summed E-state index contributed by atoms with van der Waals surface area (Å²) in [5.74, 6) is 0.187. The van der Waals surface area contributed by atoms with Crippen LogP contribution in [0, 0.1) is 0 Å². The van der Waals surface area contributed by atoms with Crippen molar-refractivity contribution in [3.05, 3.63) is 22.4 Å². The SMILES string of the molecule is O=C(c1cccs1)N1CCN(CC2CCCO2)CC1. The maximum absolute atomic E-state index is 12.2. The molecule has 0 saturated carbocycles. The van der Waals surface area contributed by atoms with Crippen LogP contribution in [0.1, 0.15) is 22.5 Å². The zero-order valence-corrected chi connectivity index (χ0v) is 11.9. The standard InChI is InChI=1S/C14H20N2O2S/c17-14(13-4-2-10-19-13)16-7-5-15(6-8-16)11-12-3-1-9-18-12/h2,4,10,12H,1,3,5-9,11H2. The summed E-state index contributed by atoms with van der Waals surface area (Å²) in [4.78, 5) is 17.5. The molecular formula is C14H20N2O2S. The maximum atomic E-state index is 12.2. The Kier molecular flexibility index (Phi) is 4.15. The Morgan fingerprint density at radius 1 is 1.37 bits per heavy atom. The van der Waals surface area contributed by atoms with Gasteiger partial charge in [-0.15, -0.1) is 11.3 Å². The predicted molar refractivity (Wildman–Crippen MR) is 75.6 cm³/mol. The molecule has 3 rings (SSSR count). The fraction of sp³-hybridized carbons (Fsp3) is 0.643. The second kappa shape index (κ2) is 6.03. The monoisotopic (exact) mass is 280 g/mol. The van der Waals surface area contributed by atoms with Crippen LogP contribution < -0.4 is 0 Å². The van der Waals surface area contributed by atoms with E-state index in [1.165, 1.54) is 24.2 Å². The molecular weight excluding hydrogens is 260 g/mol. The lowest BCUT2D eigenvalue weighted by molar-refractivity contribution is 0.0435. The summed E-state index contributed by atoms with van der Waals surface area (Å²) >= 11 is 1.53. The van der Waals surface area contributed by atoms with Crippen LogP contribution in [0.25, 0.3) is 0 Å². The van der Waals surface area contributed by atoms with E-state index in [-0.39, 0.29) is 5.91 Å². The summed E-state index contributed by atoms with van der Waals surface area (Å²) in [6.07, 6.45) is 2.80. The first-order valence-corrected chi connectivity index (χ1v) is 7.87. The second-order valence-electron chi connectivity index (χ2n) is 5.21. The summed E-state index contributed by atoms with van der Waals surface area (Å²) in [6, 6.07) is 3.84. The van der Waals surface area contributed by atoms with Gasteiger partial charge in [0.2, 0.25) is 0 Å². The van der Waals surface area contributed by atoms with Gasteiger partial charge in [0.05, 0.1) is 11.0 Å². The van der Waals surface area contributed by atoms with Crippen LogP contribution in [0.4, 0.5) is 0 Å². The largest absolute Gasteiger partial charge is 0.377 e. The van der Waals surface area contributed by atoms with Gasteiger partial charge in [-0.3, -0.25) is 9.69 Å². The molecule has 1 aromatic rings. The van der Waals surface area contributed by atoms with Crippen molar-refractivity contribution in [1.29, 1.82) is 0 Å². The van der Waals surface area contributed by atoms with Crippen molar-refractivity contribution in [2.75, 3.05) is 39.3 Å². The molecule has 1 atom stereocenters. The highest BCUT2D eigenvalue weighted by Gasteiger charge is 2.25. The number of amides is 1. The molecule has 0 radical (unpaired) electrons. The van der Waals surface area contributed by atoms with Gasteiger partial charge in [-0.05, 0) is 24.3 Å². The fourth-order valence-electron chi connectivity index (χ4n) is 2.77. The van der Waals surface area contributed by atoms with E-state index in [1.54, 1.807) is 0 Å². The normalized spacial score (nSPS) is 24.8. The highest BCUT2D eigenvalue weighted by atomic mass is 32.1. The summed E-state index contributed by atoms with van der Waals surface area (Å²) in [5, 5.41) is 1.96. The molecule has 19 heavy (non-hydrogen) atoms. The Morgan fingerprint density at radius 2 is 2.21 bits per heavy atom. The number of hydrogen-bond acceptors (Lipinski definition) is 4. The van der Waals surface area contributed by atoms with Gasteiger partial charge in [0.25, 0.3) is 5.91 Å². The van der Waals surface area contributed by atoms with Crippen LogP contribution in [0.2, 0.25) is 0 Å². The first-order chi connectivity index (χ1) is 9.33. The number of ether oxygens (including phenoxy) is 1. The summed E-state index contributed by atoms with van der Waals surface area (Å²) in [7, 11) is 0. The van der Waals surface area contributed by atoms with Gasteiger partial charge in [-0.1, -0.05) is 6.07 Å². The number of thiophene rings is 1. The molecule has 1 amide bonds. The van der Waals surface area contributed by atoms with E-state index in [1.807, 2.05) is 22.4 Å². The first kappa shape index (κ1) is 13.1. The molecule has 2 fully saturated rings. The summed E-state index contributed by atoms with van der Waals surface area (Å²) in [5.41, 5.74) is 0. The van der Waals surface area contributed by atoms with Crippen molar-refractivity contribution < 1.29 is 9.53 Å². The molecule has 2 aliphatic rings. The molecule has 5 heteroatoms. The smallest absolute Gasteiger partial charge is 0.264 e. The van der Waals surface area contributed by atoms with Crippen molar-refractivity contribution >= 4 is 17.2 Å². The fourth-order valence-corrected chi connectivity index (χ4v) is 3.46. The third-order valence-corrected chi connectivity index (χ3v) is 4.74. The van der Waals surface area contributed by atoms with Crippen molar-refractivity contribution in [2.45, 2.75) is 18.9 Å². The van der Waals surface area contributed by atoms with Gasteiger partial charge in [0, 0.05) is 39.3 Å². The molecule has 0 aliphatic carbocycles. The van der Waals surface area contributed by atoms with Crippen LogP contribution in [0.5, 0.6) is 0 Å². The minimum Gasteiger partial charge on any atom is -0.377 e. The van der Waals surface area contributed by atoms with Crippen molar-refractivity contribution in [3.8, 4) is 0 Å². The molecule has 2 aliphatic heterocycles. The molecule has 104 valence electrons. The molecule has 0 N–H and O–H groups in total. The third kappa shape index (κ3) is 3.16. The van der Waals surface area contributed by atoms with E-state index in [4.69, 9.17) is 4.74 Å². The maximum Gasteiger partial charge on any atom is 0.264 e. The number of nitrogens with zero attached hydrogens (tertiary/aromatic N) is 2. The predicted octanol–water partition coefficient (Wildman–Crippen LogP) is 1.68. The molecule has 2 saturated heterocycles. The molecule has 0 aromatic carbocycles. The lowest BCUT2D eigenvalue weighted by Gasteiger charge is -2.35. The van der Waals surface area contributed by atoms with E-state index in [0.29, 0.717) is 6.10 Å². The zero-order valence-electron chi connectivity index (χ0n) is 11.1. The van der Waals surface area contributed by atoms with Crippen LogP contribution in [0.3, 0.4) is 0 Å². The van der Waals surface area contributed by atoms with Crippen molar-refractivity contribution in [2.24, 2.45) is 0 Å². The summed E-state index contributed by atoms with van der Waals surface area (Å²) < 4.78 is 5.67. The second-order valence-corrected chi connectivity index (χ2v) is 6.15. The Labute approximate surface area is 118 Å². The number of piperazine rings is 1.